The van der Waals surface area contributed by atoms with Gasteiger partial charge in [-0.05, 0) is 18.2 Å². The van der Waals surface area contributed by atoms with E-state index in [4.69, 9.17) is 15.3 Å². The van der Waals surface area contributed by atoms with E-state index in [1.54, 1.807) is 6.07 Å². The number of para-hydroxylation sites is 1. The van der Waals surface area contributed by atoms with E-state index in [1.807, 2.05) is 24.3 Å². The van der Waals surface area contributed by atoms with Crippen molar-refractivity contribution in [2.45, 2.75) is 10.6 Å². The number of nitrogens with two attached hydrogens (primary N) is 1. The molecule has 0 radical (unpaired) electrons. The molecule has 2 rings (SSSR count). The highest BCUT2D eigenvalue weighted by atomic mass is 32.2. The summed E-state index contributed by atoms with van der Waals surface area (Å²) >= 11 is 1.49. The predicted molar refractivity (Wildman–Crippen MR) is 66.1 cm³/mol. The van der Waals surface area contributed by atoms with Crippen LogP contribution in [0.5, 0.6) is 0 Å². The second-order valence-corrected chi connectivity index (χ2v) is 4.42. The van der Waals surface area contributed by atoms with Gasteiger partial charge in [-0.3, -0.25) is 0 Å². The summed E-state index contributed by atoms with van der Waals surface area (Å²) in [6.45, 7) is 0. The Labute approximate surface area is 102 Å². The van der Waals surface area contributed by atoms with Crippen molar-refractivity contribution in [1.29, 1.82) is 0 Å². The molecule has 0 fully saturated rings. The van der Waals surface area contributed by atoms with Crippen LogP contribution in [-0.2, 0) is 5.75 Å². The van der Waals surface area contributed by atoms with E-state index in [1.165, 1.54) is 18.0 Å². The van der Waals surface area contributed by atoms with E-state index in [0.29, 0.717) is 17.0 Å². The van der Waals surface area contributed by atoms with E-state index in [-0.39, 0.29) is 5.76 Å². The molecule has 17 heavy (non-hydrogen) atoms. The van der Waals surface area contributed by atoms with Gasteiger partial charge in [0.25, 0.3) is 0 Å². The summed E-state index contributed by atoms with van der Waals surface area (Å²) in [4.78, 5) is 11.8. The van der Waals surface area contributed by atoms with Gasteiger partial charge >= 0.3 is 5.97 Å². The molecule has 5 heteroatoms. The third kappa shape index (κ3) is 2.62. The van der Waals surface area contributed by atoms with Crippen molar-refractivity contribution in [3.05, 3.63) is 47.9 Å². The van der Waals surface area contributed by atoms with Gasteiger partial charge in [-0.15, -0.1) is 11.8 Å². The molecule has 0 aliphatic rings. The maximum absolute atomic E-state index is 10.8. The minimum atomic E-state index is -1.05. The SMILES string of the molecule is Nc1ccccc1SCc1ccoc1C(=O)O. The van der Waals surface area contributed by atoms with Crippen LogP contribution in [0, 0.1) is 0 Å². The molecule has 0 amide bonds. The standard InChI is InChI=1S/C12H11NO3S/c13-9-3-1-2-4-10(9)17-7-8-5-6-16-11(8)12(14)15/h1-6H,7,13H2,(H,14,15). The van der Waals surface area contributed by atoms with E-state index < -0.39 is 5.97 Å². The molecule has 1 aromatic heterocycles. The summed E-state index contributed by atoms with van der Waals surface area (Å²) in [5.74, 6) is -0.537. The third-order valence-electron chi connectivity index (χ3n) is 2.24. The second kappa shape index (κ2) is 4.97. The summed E-state index contributed by atoms with van der Waals surface area (Å²) in [7, 11) is 0. The molecule has 0 saturated heterocycles. The lowest BCUT2D eigenvalue weighted by molar-refractivity contribution is 0.0661. The molecular formula is C12H11NO3S. The summed E-state index contributed by atoms with van der Waals surface area (Å²) in [5, 5.41) is 8.88. The number of carboxylic acids is 1. The monoisotopic (exact) mass is 249 g/mol. The largest absolute Gasteiger partial charge is 0.475 e. The van der Waals surface area contributed by atoms with Crippen molar-refractivity contribution in [3.8, 4) is 0 Å². The van der Waals surface area contributed by atoms with E-state index in [2.05, 4.69) is 0 Å². The summed E-state index contributed by atoms with van der Waals surface area (Å²) in [6, 6.07) is 9.14. The number of hydrogen-bond donors (Lipinski definition) is 2. The zero-order valence-corrected chi connectivity index (χ0v) is 9.74. The number of aromatic carboxylic acids is 1. The number of hydrogen-bond acceptors (Lipinski definition) is 4. The van der Waals surface area contributed by atoms with Crippen LogP contribution < -0.4 is 5.73 Å². The van der Waals surface area contributed by atoms with Gasteiger partial charge in [0, 0.05) is 21.9 Å². The molecule has 0 unspecified atom stereocenters. The van der Waals surface area contributed by atoms with Gasteiger partial charge in [-0.1, -0.05) is 12.1 Å². The van der Waals surface area contributed by atoms with Crippen LogP contribution in [0.3, 0.4) is 0 Å². The first kappa shape index (κ1) is 11.6. The van der Waals surface area contributed by atoms with Crippen LogP contribution in [0.2, 0.25) is 0 Å². The van der Waals surface area contributed by atoms with Crippen molar-refractivity contribution in [3.63, 3.8) is 0 Å². The number of carboxylic acid groups (broad SMARTS) is 1. The van der Waals surface area contributed by atoms with Gasteiger partial charge in [0.05, 0.1) is 6.26 Å². The summed E-state index contributed by atoms with van der Waals surface area (Å²) in [5.41, 5.74) is 7.15. The molecule has 88 valence electrons. The van der Waals surface area contributed by atoms with Gasteiger partial charge in [-0.2, -0.15) is 0 Å². The fraction of sp³-hybridized carbons (Fsp3) is 0.0833. The van der Waals surface area contributed by atoms with E-state index in [9.17, 15) is 4.79 Å². The topological polar surface area (TPSA) is 76.5 Å². The van der Waals surface area contributed by atoms with Crippen molar-refractivity contribution in [1.82, 2.24) is 0 Å². The summed E-state index contributed by atoms with van der Waals surface area (Å²) in [6.07, 6.45) is 1.38. The first-order valence-corrected chi connectivity index (χ1v) is 5.94. The van der Waals surface area contributed by atoms with Gasteiger partial charge < -0.3 is 15.3 Å². The lowest BCUT2D eigenvalue weighted by Gasteiger charge is -2.03. The fourth-order valence-electron chi connectivity index (χ4n) is 1.40. The molecule has 0 atom stereocenters. The highest BCUT2D eigenvalue weighted by Crippen LogP contribution is 2.29. The number of furan rings is 1. The van der Waals surface area contributed by atoms with Crippen LogP contribution in [-0.4, -0.2) is 11.1 Å². The van der Waals surface area contributed by atoms with Crippen LogP contribution in [0.25, 0.3) is 0 Å². The van der Waals surface area contributed by atoms with Crippen molar-refractivity contribution >= 4 is 23.4 Å². The van der Waals surface area contributed by atoms with Crippen LogP contribution in [0.4, 0.5) is 5.69 Å². The van der Waals surface area contributed by atoms with E-state index >= 15 is 0 Å². The van der Waals surface area contributed by atoms with Crippen molar-refractivity contribution in [2.75, 3.05) is 5.73 Å². The molecule has 0 aliphatic carbocycles. The quantitative estimate of drug-likeness (QED) is 0.643. The number of anilines is 1. The first-order valence-electron chi connectivity index (χ1n) is 4.95. The average Bonchev–Trinajstić information content (AvgIpc) is 2.76. The Bertz CT molecular complexity index is 536. The molecule has 0 spiro atoms. The Balaban J connectivity index is 2.10. The normalized spacial score (nSPS) is 10.4. The molecular weight excluding hydrogens is 238 g/mol. The maximum Gasteiger partial charge on any atom is 0.372 e. The number of nitrogen functional groups attached to an aromatic ring is 1. The lowest BCUT2D eigenvalue weighted by Crippen LogP contribution is -1.97. The number of carbonyl (C=O) groups is 1. The van der Waals surface area contributed by atoms with Gasteiger partial charge in [0.1, 0.15) is 0 Å². The maximum atomic E-state index is 10.8. The Morgan fingerprint density at radius 1 is 1.35 bits per heavy atom. The van der Waals surface area contributed by atoms with E-state index in [0.717, 1.165) is 4.90 Å². The third-order valence-corrected chi connectivity index (χ3v) is 3.38. The Morgan fingerprint density at radius 3 is 2.82 bits per heavy atom. The van der Waals surface area contributed by atoms with Crippen molar-refractivity contribution in [2.24, 2.45) is 0 Å². The van der Waals surface area contributed by atoms with Crippen molar-refractivity contribution < 1.29 is 14.3 Å². The lowest BCUT2D eigenvalue weighted by atomic mass is 10.3. The average molecular weight is 249 g/mol. The predicted octanol–water partition coefficient (Wildman–Crippen LogP) is 2.85. The molecule has 0 bridgehead atoms. The second-order valence-electron chi connectivity index (χ2n) is 3.41. The zero-order chi connectivity index (χ0) is 12.3. The Morgan fingerprint density at radius 2 is 2.12 bits per heavy atom. The number of rotatable bonds is 4. The molecule has 1 aromatic carbocycles. The highest BCUT2D eigenvalue weighted by Gasteiger charge is 2.14. The van der Waals surface area contributed by atoms with Crippen LogP contribution in [0.1, 0.15) is 16.1 Å². The Kier molecular flexibility index (Phi) is 3.39. The number of thioether (sulfide) groups is 1. The van der Waals surface area contributed by atoms with Crippen LogP contribution in [0.15, 0.2) is 45.9 Å². The molecule has 1 heterocycles. The minimum absolute atomic E-state index is 0.00741. The smallest absolute Gasteiger partial charge is 0.372 e. The molecule has 0 aliphatic heterocycles. The first-order chi connectivity index (χ1) is 8.18. The Hall–Kier alpha value is -1.88. The van der Waals surface area contributed by atoms with Gasteiger partial charge in [0.2, 0.25) is 5.76 Å². The fourth-order valence-corrected chi connectivity index (χ4v) is 2.35. The molecule has 2 aromatic rings. The zero-order valence-electron chi connectivity index (χ0n) is 8.92. The highest BCUT2D eigenvalue weighted by molar-refractivity contribution is 7.98. The molecule has 0 saturated carbocycles. The van der Waals surface area contributed by atoms with Crippen LogP contribution >= 0.6 is 11.8 Å². The van der Waals surface area contributed by atoms with Gasteiger partial charge in [0.15, 0.2) is 0 Å². The molecule has 4 nitrogen and oxygen atoms in total. The van der Waals surface area contributed by atoms with Gasteiger partial charge in [-0.25, -0.2) is 4.79 Å². The molecule has 3 N–H and O–H groups in total. The number of benzene rings is 1. The summed E-state index contributed by atoms with van der Waals surface area (Å²) < 4.78 is 4.90. The minimum Gasteiger partial charge on any atom is -0.475 e.